The summed E-state index contributed by atoms with van der Waals surface area (Å²) >= 11 is 5.62. The summed E-state index contributed by atoms with van der Waals surface area (Å²) in [5.74, 6) is -5.35. The second-order valence-corrected chi connectivity index (χ2v) is 12.2. The minimum Gasteiger partial charge on any atom is -0.477 e. The lowest BCUT2D eigenvalue weighted by atomic mass is 9.83. The number of alkyl halides is 1. The van der Waals surface area contributed by atoms with Gasteiger partial charge in [-0.3, -0.25) is 4.79 Å². The molecule has 1 amide bonds. The van der Waals surface area contributed by atoms with Crippen molar-refractivity contribution in [2.75, 3.05) is 25.7 Å². The summed E-state index contributed by atoms with van der Waals surface area (Å²) < 4.78 is 33.5. The lowest BCUT2D eigenvalue weighted by Gasteiger charge is -2.48. The first-order chi connectivity index (χ1) is 21.6. The van der Waals surface area contributed by atoms with Crippen molar-refractivity contribution in [3.8, 4) is 0 Å². The summed E-state index contributed by atoms with van der Waals surface area (Å²) in [6.45, 7) is 2.55. The molecule has 3 rings (SSSR count). The molecule has 0 bridgehead atoms. The summed E-state index contributed by atoms with van der Waals surface area (Å²) in [4.78, 5) is 24.3. The van der Waals surface area contributed by atoms with E-state index in [1.807, 2.05) is 0 Å². The fourth-order valence-corrected chi connectivity index (χ4v) is 5.72. The minimum atomic E-state index is -2.58. The Labute approximate surface area is 269 Å². The maximum Gasteiger partial charge on any atom is 0.364 e. The number of hydrogen-bond acceptors (Lipinski definition) is 16. The van der Waals surface area contributed by atoms with Crippen LogP contribution in [-0.4, -0.2) is 175 Å². The number of rotatable bonds is 14. The first-order valence-electron chi connectivity index (χ1n) is 14.9. The highest BCUT2D eigenvalue weighted by Gasteiger charge is 2.56. The molecule has 0 spiro atoms. The molecule has 3 fully saturated rings. The molecule has 3 heterocycles. The molecule has 3 saturated heterocycles. The Kier molecular flexibility index (Phi) is 14.3. The molecule has 16 atom stereocenters. The second-order valence-electron chi connectivity index (χ2n) is 11.8. The first kappa shape index (κ1) is 39.1. The Morgan fingerprint density at radius 3 is 2.20 bits per heavy atom. The monoisotopic (exact) mass is 691 g/mol. The van der Waals surface area contributed by atoms with Gasteiger partial charge in [-0.15, -0.1) is 11.6 Å². The number of carboxylic acid groups (broad SMARTS) is 1. The minimum absolute atomic E-state index is 0.0724. The number of aliphatic hydroxyl groups is 8. The Morgan fingerprint density at radius 1 is 1.00 bits per heavy atom. The van der Waals surface area contributed by atoms with Crippen LogP contribution in [0.1, 0.15) is 33.6 Å². The molecule has 0 aromatic heterocycles. The summed E-state index contributed by atoms with van der Waals surface area (Å²) in [6, 6.07) is -1.15. The number of hydrogen-bond donors (Lipinski definition) is 10. The largest absolute Gasteiger partial charge is 0.477 e. The molecule has 0 aromatic carbocycles. The fourth-order valence-electron chi connectivity index (χ4n) is 5.61. The van der Waals surface area contributed by atoms with E-state index in [2.05, 4.69) is 5.32 Å². The molecule has 3 aliphatic rings. The van der Waals surface area contributed by atoms with Gasteiger partial charge in [0.05, 0.1) is 44.2 Å². The zero-order valence-electron chi connectivity index (χ0n) is 25.6. The lowest BCUT2D eigenvalue weighted by Crippen LogP contribution is -2.66. The smallest absolute Gasteiger partial charge is 0.364 e. The van der Waals surface area contributed by atoms with Crippen LogP contribution in [0.25, 0.3) is 0 Å². The molecule has 5 unspecified atom stereocenters. The lowest BCUT2D eigenvalue weighted by molar-refractivity contribution is -0.367. The van der Waals surface area contributed by atoms with E-state index in [0.717, 1.165) is 0 Å². The van der Waals surface area contributed by atoms with Crippen molar-refractivity contribution in [2.24, 2.45) is 5.92 Å². The van der Waals surface area contributed by atoms with Gasteiger partial charge in [0.15, 0.2) is 12.6 Å². The molecular weight excluding hydrogens is 646 g/mol. The van der Waals surface area contributed by atoms with Crippen molar-refractivity contribution in [1.82, 2.24) is 5.32 Å². The average molecular weight is 692 g/mol. The van der Waals surface area contributed by atoms with Crippen molar-refractivity contribution in [1.29, 1.82) is 0 Å². The van der Waals surface area contributed by atoms with Gasteiger partial charge in [-0.25, -0.2) is 4.79 Å². The van der Waals surface area contributed by atoms with Crippen molar-refractivity contribution < 1.29 is 84.0 Å². The van der Waals surface area contributed by atoms with Crippen LogP contribution in [0.5, 0.6) is 0 Å². The molecule has 268 valence electrons. The molecule has 0 radical (unpaired) electrons. The summed E-state index contributed by atoms with van der Waals surface area (Å²) in [5, 5.41) is 96.7. The number of halogens is 1. The average Bonchev–Trinajstić information content (AvgIpc) is 3.00. The van der Waals surface area contributed by atoms with Crippen molar-refractivity contribution in [3.05, 3.63) is 0 Å². The molecule has 0 aliphatic carbocycles. The zero-order valence-corrected chi connectivity index (χ0v) is 26.3. The van der Waals surface area contributed by atoms with E-state index in [1.165, 1.54) is 20.8 Å². The van der Waals surface area contributed by atoms with E-state index in [1.54, 1.807) is 0 Å². The van der Waals surface area contributed by atoms with E-state index in [-0.39, 0.29) is 12.5 Å². The van der Waals surface area contributed by atoms with Crippen LogP contribution < -0.4 is 5.32 Å². The third kappa shape index (κ3) is 8.82. The quantitative estimate of drug-likeness (QED) is 0.0609. The highest BCUT2D eigenvalue weighted by molar-refractivity contribution is 6.17. The molecule has 46 heavy (non-hydrogen) atoms. The third-order valence-electron chi connectivity index (χ3n) is 8.32. The molecule has 10 N–H and O–H groups in total. The Balaban J connectivity index is 1.77. The molecule has 3 aliphatic heterocycles. The number of aliphatic carboxylic acids is 1. The predicted octanol–water partition coefficient (Wildman–Crippen LogP) is -4.27. The number of carboxylic acids is 1. The van der Waals surface area contributed by atoms with E-state index < -0.39 is 129 Å². The van der Waals surface area contributed by atoms with Crippen LogP contribution in [0.15, 0.2) is 0 Å². The van der Waals surface area contributed by atoms with E-state index in [0.29, 0.717) is 6.42 Å². The van der Waals surface area contributed by atoms with Gasteiger partial charge in [0.2, 0.25) is 5.91 Å². The fraction of sp³-hybridized carbons (Fsp3) is 0.926. The predicted molar refractivity (Wildman–Crippen MR) is 151 cm³/mol. The van der Waals surface area contributed by atoms with E-state index in [9.17, 15) is 55.5 Å². The van der Waals surface area contributed by atoms with Gasteiger partial charge in [-0.2, -0.15) is 0 Å². The van der Waals surface area contributed by atoms with Crippen LogP contribution >= 0.6 is 11.6 Å². The van der Waals surface area contributed by atoms with Gasteiger partial charge >= 0.3 is 5.97 Å². The van der Waals surface area contributed by atoms with Crippen LogP contribution in [0.3, 0.4) is 0 Å². The Bertz CT molecular complexity index is 994. The Morgan fingerprint density at radius 2 is 1.63 bits per heavy atom. The van der Waals surface area contributed by atoms with Gasteiger partial charge in [0, 0.05) is 25.1 Å². The number of carbonyl (C=O) groups is 2. The van der Waals surface area contributed by atoms with Crippen molar-refractivity contribution >= 4 is 23.5 Å². The highest BCUT2D eigenvalue weighted by atomic mass is 35.5. The number of carbonyl (C=O) groups excluding carboxylic acids is 1. The van der Waals surface area contributed by atoms with E-state index >= 15 is 0 Å². The number of aliphatic hydroxyl groups excluding tert-OH is 8. The normalized spacial score (nSPS) is 43.1. The standard InChI is InChI=1S/C27H46ClNO17/c1-10-13(33)7-27(26(39)40,46-22(10)16(11(2)31)29-12(3)32)42-9-15-17(34)18(35)20(37)25(44-15)45-23-14(8-30)43-24(21(38)19(23)36)41-6-4-5-28/h10-11,13-25,30-31,33-38H,4-9H2,1-3H3,(H,29,32)(H,39,40)/t10-,11-,13-,14?,15?,16-,17+,18+,19-,20?,21?,22?,23-,24-,25+,27-/m1/s1. The molecule has 19 heteroatoms. The van der Waals surface area contributed by atoms with Gasteiger partial charge in [-0.1, -0.05) is 6.92 Å². The van der Waals surface area contributed by atoms with Gasteiger partial charge < -0.3 is 79.7 Å². The second kappa shape index (κ2) is 16.9. The third-order valence-corrected chi connectivity index (χ3v) is 8.59. The maximum atomic E-state index is 12.5. The molecular formula is C27H46ClNO17. The summed E-state index contributed by atoms with van der Waals surface area (Å²) in [5.41, 5.74) is 0. The van der Waals surface area contributed by atoms with Gasteiger partial charge in [0.25, 0.3) is 5.79 Å². The summed E-state index contributed by atoms with van der Waals surface area (Å²) in [7, 11) is 0. The van der Waals surface area contributed by atoms with Crippen LogP contribution in [0.4, 0.5) is 0 Å². The zero-order chi connectivity index (χ0) is 34.5. The van der Waals surface area contributed by atoms with Crippen molar-refractivity contribution in [2.45, 2.75) is 125 Å². The van der Waals surface area contributed by atoms with E-state index in [4.69, 9.17) is 40.0 Å². The van der Waals surface area contributed by atoms with Crippen LogP contribution in [0, 0.1) is 5.92 Å². The van der Waals surface area contributed by atoms with Crippen LogP contribution in [-0.2, 0) is 38.0 Å². The Hall–Kier alpha value is -1.33. The SMILES string of the molecule is CC(=O)N[C@@H](C1O[C@@](OCC2O[C@@H](O[C@@H]3C(CO)O[C@@H](OCCCCl)C(O)[C@H]3O)C(O)[C@@H](O)[C@H]2O)(C(=O)O)C[C@@H](O)[C@H]1C)[C@@H](C)O. The molecule has 0 saturated carbocycles. The summed E-state index contributed by atoms with van der Waals surface area (Å²) in [6.07, 6.45) is -20.9. The van der Waals surface area contributed by atoms with Crippen molar-refractivity contribution in [3.63, 3.8) is 0 Å². The molecule has 18 nitrogen and oxygen atoms in total. The van der Waals surface area contributed by atoms with Gasteiger partial charge in [0.1, 0.15) is 48.8 Å². The van der Waals surface area contributed by atoms with Gasteiger partial charge in [-0.05, 0) is 13.3 Å². The number of ether oxygens (including phenoxy) is 6. The number of amides is 1. The number of nitrogens with one attached hydrogen (secondary N) is 1. The highest BCUT2D eigenvalue weighted by Crippen LogP contribution is 2.37. The topological polar surface area (TPSA) is 284 Å². The van der Waals surface area contributed by atoms with Crippen LogP contribution in [0.2, 0.25) is 0 Å². The first-order valence-corrected chi connectivity index (χ1v) is 15.5. The maximum absolute atomic E-state index is 12.5. The molecule has 0 aromatic rings.